The third kappa shape index (κ3) is 4.31. The number of aryl methyl sites for hydroxylation is 1. The lowest BCUT2D eigenvalue weighted by Crippen LogP contribution is -2.13. The number of amides is 1. The molecule has 3 aromatic rings. The summed E-state index contributed by atoms with van der Waals surface area (Å²) < 4.78 is 5.70. The lowest BCUT2D eigenvalue weighted by atomic mass is 10.1. The van der Waals surface area contributed by atoms with Crippen molar-refractivity contribution in [1.82, 2.24) is 0 Å². The Morgan fingerprint density at radius 2 is 1.85 bits per heavy atom. The standard InChI is InChI=1S/C22H15N3O2/c1-15-3-2-4-19(11-15)25-22(26)18(14-24)12-20-9-10-21(27-20)17-7-5-16(13-23)6-8-17/h2-12H,1H3,(H,25,26)/b18-12-. The minimum Gasteiger partial charge on any atom is -0.457 e. The molecule has 5 heteroatoms. The predicted molar refractivity (Wildman–Crippen MR) is 102 cm³/mol. The monoisotopic (exact) mass is 353 g/mol. The van der Waals surface area contributed by atoms with Crippen molar-refractivity contribution >= 4 is 17.7 Å². The predicted octanol–water partition coefficient (Wildman–Crippen LogP) is 4.67. The van der Waals surface area contributed by atoms with Gasteiger partial charge in [0.05, 0.1) is 11.6 Å². The summed E-state index contributed by atoms with van der Waals surface area (Å²) in [5.41, 5.74) is 2.94. The number of nitrogens with one attached hydrogen (secondary N) is 1. The molecular formula is C22H15N3O2. The number of nitriles is 2. The Morgan fingerprint density at radius 3 is 2.52 bits per heavy atom. The summed E-state index contributed by atoms with van der Waals surface area (Å²) in [5, 5.41) is 20.9. The Morgan fingerprint density at radius 1 is 1.07 bits per heavy atom. The van der Waals surface area contributed by atoms with Crippen molar-refractivity contribution in [3.05, 3.63) is 83.1 Å². The second-order valence-corrected chi connectivity index (χ2v) is 5.88. The van der Waals surface area contributed by atoms with E-state index in [1.54, 1.807) is 42.5 Å². The van der Waals surface area contributed by atoms with Crippen LogP contribution in [0.25, 0.3) is 17.4 Å². The van der Waals surface area contributed by atoms with Gasteiger partial charge in [0.1, 0.15) is 23.2 Å². The fourth-order valence-corrected chi connectivity index (χ4v) is 2.51. The Bertz CT molecular complexity index is 1090. The first-order valence-electron chi connectivity index (χ1n) is 8.19. The van der Waals surface area contributed by atoms with E-state index in [9.17, 15) is 10.1 Å². The lowest BCUT2D eigenvalue weighted by molar-refractivity contribution is -0.112. The molecule has 0 bridgehead atoms. The fraction of sp³-hybridized carbons (Fsp3) is 0.0455. The molecule has 0 aliphatic carbocycles. The van der Waals surface area contributed by atoms with Crippen LogP contribution in [0.1, 0.15) is 16.9 Å². The molecule has 1 heterocycles. The Hall–Kier alpha value is -4.09. The van der Waals surface area contributed by atoms with Gasteiger partial charge in [0.2, 0.25) is 0 Å². The first-order valence-corrected chi connectivity index (χ1v) is 8.19. The SMILES string of the molecule is Cc1cccc(NC(=O)/C(C#N)=C\c2ccc(-c3ccc(C#N)cc3)o2)c1. The van der Waals surface area contributed by atoms with Gasteiger partial charge in [0.25, 0.3) is 5.91 Å². The van der Waals surface area contributed by atoms with E-state index in [0.29, 0.717) is 22.8 Å². The van der Waals surface area contributed by atoms with Crippen LogP contribution in [0.15, 0.2) is 70.7 Å². The molecule has 1 amide bonds. The van der Waals surface area contributed by atoms with Gasteiger partial charge in [-0.1, -0.05) is 12.1 Å². The molecule has 0 spiro atoms. The highest BCUT2D eigenvalue weighted by atomic mass is 16.3. The zero-order valence-electron chi connectivity index (χ0n) is 14.6. The normalized spacial score (nSPS) is 10.7. The Kier molecular flexibility index (Phi) is 5.16. The van der Waals surface area contributed by atoms with Crippen LogP contribution < -0.4 is 5.32 Å². The van der Waals surface area contributed by atoms with Gasteiger partial charge in [-0.05, 0) is 61.0 Å². The van der Waals surface area contributed by atoms with Crippen LogP contribution in [0.2, 0.25) is 0 Å². The second kappa shape index (κ2) is 7.86. The highest BCUT2D eigenvalue weighted by molar-refractivity contribution is 6.09. The quantitative estimate of drug-likeness (QED) is 0.545. The average Bonchev–Trinajstić information content (AvgIpc) is 3.14. The van der Waals surface area contributed by atoms with E-state index in [1.165, 1.54) is 6.08 Å². The van der Waals surface area contributed by atoms with Crippen molar-refractivity contribution in [3.63, 3.8) is 0 Å². The van der Waals surface area contributed by atoms with E-state index in [-0.39, 0.29) is 5.57 Å². The van der Waals surface area contributed by atoms with Crippen LogP contribution in [0.3, 0.4) is 0 Å². The lowest BCUT2D eigenvalue weighted by Gasteiger charge is -2.04. The number of furan rings is 1. The van der Waals surface area contributed by atoms with Crippen molar-refractivity contribution in [2.24, 2.45) is 0 Å². The molecule has 3 rings (SSSR count). The summed E-state index contributed by atoms with van der Waals surface area (Å²) in [6.45, 7) is 1.92. The zero-order chi connectivity index (χ0) is 19.2. The molecule has 0 atom stereocenters. The van der Waals surface area contributed by atoms with Crippen LogP contribution in [-0.2, 0) is 4.79 Å². The minimum absolute atomic E-state index is 0.0581. The van der Waals surface area contributed by atoms with Gasteiger partial charge in [-0.15, -0.1) is 0 Å². The molecule has 0 aliphatic rings. The third-order valence-corrected chi connectivity index (χ3v) is 3.85. The molecule has 5 nitrogen and oxygen atoms in total. The molecule has 130 valence electrons. The van der Waals surface area contributed by atoms with E-state index < -0.39 is 5.91 Å². The molecule has 2 aromatic carbocycles. The van der Waals surface area contributed by atoms with Gasteiger partial charge in [-0.25, -0.2) is 0 Å². The molecule has 0 saturated heterocycles. The zero-order valence-corrected chi connectivity index (χ0v) is 14.6. The maximum Gasteiger partial charge on any atom is 0.266 e. The van der Waals surface area contributed by atoms with E-state index >= 15 is 0 Å². The van der Waals surface area contributed by atoms with Gasteiger partial charge >= 0.3 is 0 Å². The van der Waals surface area contributed by atoms with Gasteiger partial charge in [-0.3, -0.25) is 4.79 Å². The molecule has 0 aliphatic heterocycles. The van der Waals surface area contributed by atoms with Crippen molar-refractivity contribution in [1.29, 1.82) is 10.5 Å². The van der Waals surface area contributed by atoms with E-state index in [4.69, 9.17) is 9.68 Å². The van der Waals surface area contributed by atoms with Crippen LogP contribution in [0.5, 0.6) is 0 Å². The van der Waals surface area contributed by atoms with Crippen LogP contribution in [0.4, 0.5) is 5.69 Å². The number of hydrogen-bond donors (Lipinski definition) is 1. The first kappa shape index (κ1) is 17.7. The minimum atomic E-state index is -0.501. The summed E-state index contributed by atoms with van der Waals surface area (Å²) >= 11 is 0. The number of anilines is 1. The van der Waals surface area contributed by atoms with E-state index in [1.807, 2.05) is 31.2 Å². The van der Waals surface area contributed by atoms with E-state index in [2.05, 4.69) is 11.4 Å². The summed E-state index contributed by atoms with van der Waals surface area (Å²) in [4.78, 5) is 12.3. The molecular weight excluding hydrogens is 338 g/mol. The average molecular weight is 353 g/mol. The summed E-state index contributed by atoms with van der Waals surface area (Å²) in [6.07, 6.45) is 1.40. The molecule has 1 N–H and O–H groups in total. The molecule has 27 heavy (non-hydrogen) atoms. The Labute approximate surface area is 156 Å². The van der Waals surface area contributed by atoms with Crippen molar-refractivity contribution < 1.29 is 9.21 Å². The molecule has 0 saturated carbocycles. The summed E-state index contributed by atoms with van der Waals surface area (Å²) in [6, 6.07) is 21.7. The smallest absolute Gasteiger partial charge is 0.266 e. The van der Waals surface area contributed by atoms with Crippen molar-refractivity contribution in [2.45, 2.75) is 6.92 Å². The number of hydrogen-bond acceptors (Lipinski definition) is 4. The molecule has 0 unspecified atom stereocenters. The van der Waals surface area contributed by atoms with Crippen molar-refractivity contribution in [3.8, 4) is 23.5 Å². The van der Waals surface area contributed by atoms with Crippen LogP contribution >= 0.6 is 0 Å². The largest absolute Gasteiger partial charge is 0.457 e. The van der Waals surface area contributed by atoms with Crippen molar-refractivity contribution in [2.75, 3.05) is 5.32 Å². The van der Waals surface area contributed by atoms with Gasteiger partial charge in [-0.2, -0.15) is 10.5 Å². The molecule has 1 aromatic heterocycles. The fourth-order valence-electron chi connectivity index (χ4n) is 2.51. The van der Waals surface area contributed by atoms with Gasteiger partial charge < -0.3 is 9.73 Å². The van der Waals surface area contributed by atoms with Crippen LogP contribution in [0, 0.1) is 29.6 Å². The topological polar surface area (TPSA) is 89.8 Å². The van der Waals surface area contributed by atoms with Gasteiger partial charge in [0.15, 0.2) is 0 Å². The van der Waals surface area contributed by atoms with E-state index in [0.717, 1.165) is 11.1 Å². The maximum atomic E-state index is 12.3. The highest BCUT2D eigenvalue weighted by Crippen LogP contribution is 2.24. The third-order valence-electron chi connectivity index (χ3n) is 3.85. The Balaban J connectivity index is 1.79. The number of rotatable bonds is 4. The second-order valence-electron chi connectivity index (χ2n) is 5.88. The highest BCUT2D eigenvalue weighted by Gasteiger charge is 2.11. The first-order chi connectivity index (χ1) is 13.1. The van der Waals surface area contributed by atoms with Crippen LogP contribution in [-0.4, -0.2) is 5.91 Å². The number of benzene rings is 2. The summed E-state index contributed by atoms with van der Waals surface area (Å²) in [5.74, 6) is 0.479. The number of carbonyl (C=O) groups is 1. The molecule has 0 fully saturated rings. The summed E-state index contributed by atoms with van der Waals surface area (Å²) in [7, 11) is 0. The van der Waals surface area contributed by atoms with Gasteiger partial charge in [0, 0.05) is 17.3 Å². The molecule has 0 radical (unpaired) electrons. The number of carbonyl (C=O) groups excluding carboxylic acids is 1. The maximum absolute atomic E-state index is 12.3. The number of nitrogens with zero attached hydrogens (tertiary/aromatic N) is 2.